The molecule has 0 aliphatic heterocycles. The summed E-state index contributed by atoms with van der Waals surface area (Å²) in [5, 5.41) is 9.17. The Hall–Kier alpha value is -2.62. The van der Waals surface area contributed by atoms with Crippen molar-refractivity contribution in [3.05, 3.63) is 59.7 Å². The molecule has 4 heteroatoms. The number of aliphatic carboxylic acids is 1. The lowest BCUT2D eigenvalue weighted by Gasteiger charge is -2.19. The van der Waals surface area contributed by atoms with Crippen molar-refractivity contribution in [1.82, 2.24) is 0 Å². The first-order valence-electron chi connectivity index (χ1n) is 9.09. The summed E-state index contributed by atoms with van der Waals surface area (Å²) in [5.74, 6) is -1.93. The van der Waals surface area contributed by atoms with Gasteiger partial charge in [0.25, 0.3) is 0 Å². The Kier molecular flexibility index (Phi) is 5.40. The number of carbonyl (C=O) groups is 2. The van der Waals surface area contributed by atoms with Crippen LogP contribution >= 0.6 is 0 Å². The summed E-state index contributed by atoms with van der Waals surface area (Å²) in [6.45, 7) is 3.83. The molecule has 0 bridgehead atoms. The number of esters is 1. The minimum absolute atomic E-state index is 0.0309. The van der Waals surface area contributed by atoms with Gasteiger partial charge in [-0.2, -0.15) is 0 Å². The van der Waals surface area contributed by atoms with Crippen molar-refractivity contribution in [3.63, 3.8) is 0 Å². The fourth-order valence-corrected chi connectivity index (χ4v) is 3.76. The molecule has 1 aliphatic carbocycles. The number of carboxylic acid groups (broad SMARTS) is 1. The third-order valence-corrected chi connectivity index (χ3v) is 5.42. The van der Waals surface area contributed by atoms with Gasteiger partial charge in [0.15, 0.2) is 0 Å². The molecular weight excluding hydrogens is 328 g/mol. The minimum atomic E-state index is -0.872. The number of carboxylic acids is 1. The van der Waals surface area contributed by atoms with E-state index in [0.29, 0.717) is 6.42 Å². The SMILES string of the molecule is CCC(CC(=O)OCC1c2ccccc2-c2ccccc21)[C@@H](C)C(=O)O. The molecule has 0 radical (unpaired) electrons. The lowest BCUT2D eigenvalue weighted by molar-refractivity contribution is -0.148. The highest BCUT2D eigenvalue weighted by molar-refractivity contribution is 5.79. The van der Waals surface area contributed by atoms with Crippen LogP contribution in [0.25, 0.3) is 11.1 Å². The summed E-state index contributed by atoms with van der Waals surface area (Å²) >= 11 is 0. The van der Waals surface area contributed by atoms with E-state index in [1.54, 1.807) is 6.92 Å². The Bertz CT molecular complexity index is 766. The van der Waals surface area contributed by atoms with E-state index in [4.69, 9.17) is 9.84 Å². The maximum Gasteiger partial charge on any atom is 0.306 e. The molecule has 2 aromatic carbocycles. The number of rotatable bonds is 7. The normalized spacial score (nSPS) is 15.0. The van der Waals surface area contributed by atoms with Crippen LogP contribution in [0.5, 0.6) is 0 Å². The van der Waals surface area contributed by atoms with Gasteiger partial charge in [-0.25, -0.2) is 0 Å². The van der Waals surface area contributed by atoms with Crippen LogP contribution in [0.4, 0.5) is 0 Å². The molecule has 2 aromatic rings. The summed E-state index contributed by atoms with van der Waals surface area (Å²) < 4.78 is 5.57. The topological polar surface area (TPSA) is 63.6 Å². The molecule has 0 aromatic heterocycles. The third-order valence-electron chi connectivity index (χ3n) is 5.42. The minimum Gasteiger partial charge on any atom is -0.481 e. The number of carbonyl (C=O) groups excluding carboxylic acids is 1. The molecule has 136 valence electrons. The van der Waals surface area contributed by atoms with E-state index >= 15 is 0 Å². The van der Waals surface area contributed by atoms with Gasteiger partial charge in [-0.1, -0.05) is 68.8 Å². The maximum absolute atomic E-state index is 12.3. The zero-order chi connectivity index (χ0) is 18.7. The molecule has 0 saturated heterocycles. The standard InChI is InChI=1S/C22H24O4/c1-3-15(14(2)22(24)25)12-21(23)26-13-20-18-10-6-4-8-16(18)17-9-5-7-11-19(17)20/h4-11,14-15,20H,3,12-13H2,1-2H3,(H,24,25)/t14-,15?/m1/s1. The fraction of sp³-hybridized carbons (Fsp3) is 0.364. The molecule has 0 saturated carbocycles. The van der Waals surface area contributed by atoms with Crippen LogP contribution in [-0.4, -0.2) is 23.7 Å². The molecule has 0 spiro atoms. The predicted molar refractivity (Wildman–Crippen MR) is 99.9 cm³/mol. The van der Waals surface area contributed by atoms with Crippen LogP contribution in [0.3, 0.4) is 0 Å². The molecule has 4 nitrogen and oxygen atoms in total. The molecule has 26 heavy (non-hydrogen) atoms. The number of benzene rings is 2. The summed E-state index contributed by atoms with van der Waals surface area (Å²) in [5.41, 5.74) is 4.73. The van der Waals surface area contributed by atoms with Gasteiger partial charge >= 0.3 is 11.9 Å². The van der Waals surface area contributed by atoms with Crippen LogP contribution in [0.15, 0.2) is 48.5 Å². The number of hydrogen-bond acceptors (Lipinski definition) is 3. The highest BCUT2D eigenvalue weighted by Gasteiger charge is 2.30. The van der Waals surface area contributed by atoms with Crippen molar-refractivity contribution in [1.29, 1.82) is 0 Å². The molecule has 3 rings (SSSR count). The molecule has 0 heterocycles. The molecule has 1 aliphatic rings. The van der Waals surface area contributed by atoms with Crippen molar-refractivity contribution in [2.75, 3.05) is 6.61 Å². The number of ether oxygens (including phenoxy) is 1. The third kappa shape index (κ3) is 3.50. The Morgan fingerprint density at radius 3 is 2.08 bits per heavy atom. The first-order valence-corrected chi connectivity index (χ1v) is 9.09. The molecule has 2 atom stereocenters. The summed E-state index contributed by atoms with van der Waals surface area (Å²) in [6.07, 6.45) is 0.775. The van der Waals surface area contributed by atoms with E-state index in [1.165, 1.54) is 22.3 Å². The van der Waals surface area contributed by atoms with Crippen LogP contribution in [0.1, 0.15) is 43.7 Å². The van der Waals surface area contributed by atoms with Gasteiger partial charge in [0, 0.05) is 12.3 Å². The van der Waals surface area contributed by atoms with E-state index in [0.717, 1.165) is 0 Å². The van der Waals surface area contributed by atoms with Gasteiger partial charge < -0.3 is 9.84 Å². The van der Waals surface area contributed by atoms with Gasteiger partial charge in [-0.3, -0.25) is 9.59 Å². The smallest absolute Gasteiger partial charge is 0.306 e. The zero-order valence-corrected chi connectivity index (χ0v) is 15.1. The zero-order valence-electron chi connectivity index (χ0n) is 15.1. The molecule has 0 amide bonds. The van der Waals surface area contributed by atoms with Crippen LogP contribution in [-0.2, 0) is 14.3 Å². The quantitative estimate of drug-likeness (QED) is 0.746. The van der Waals surface area contributed by atoms with E-state index < -0.39 is 11.9 Å². The Balaban J connectivity index is 1.70. The Labute approximate surface area is 153 Å². The van der Waals surface area contributed by atoms with Crippen molar-refractivity contribution in [2.24, 2.45) is 11.8 Å². The number of fused-ring (bicyclic) bond motifs is 3. The van der Waals surface area contributed by atoms with Crippen LogP contribution < -0.4 is 0 Å². The average molecular weight is 352 g/mol. The van der Waals surface area contributed by atoms with Crippen molar-refractivity contribution in [3.8, 4) is 11.1 Å². The largest absolute Gasteiger partial charge is 0.481 e. The van der Waals surface area contributed by atoms with Gasteiger partial charge in [0.2, 0.25) is 0 Å². The first-order chi connectivity index (χ1) is 12.5. The number of hydrogen-bond donors (Lipinski definition) is 1. The second-order valence-corrected chi connectivity index (χ2v) is 6.91. The summed E-state index contributed by atoms with van der Waals surface area (Å²) in [6, 6.07) is 16.4. The second kappa shape index (κ2) is 7.73. The lowest BCUT2D eigenvalue weighted by atomic mass is 9.89. The highest BCUT2D eigenvalue weighted by atomic mass is 16.5. The summed E-state index contributed by atoms with van der Waals surface area (Å²) in [4.78, 5) is 23.5. The maximum atomic E-state index is 12.3. The highest BCUT2D eigenvalue weighted by Crippen LogP contribution is 2.44. The monoisotopic (exact) mass is 352 g/mol. The molecule has 1 N–H and O–H groups in total. The first kappa shape index (κ1) is 18.2. The summed E-state index contributed by atoms with van der Waals surface area (Å²) in [7, 11) is 0. The van der Waals surface area contributed by atoms with Gasteiger partial charge in [-0.05, 0) is 28.2 Å². The fourth-order valence-electron chi connectivity index (χ4n) is 3.76. The molecule has 1 unspecified atom stereocenters. The van der Waals surface area contributed by atoms with Crippen LogP contribution in [0, 0.1) is 11.8 Å². The van der Waals surface area contributed by atoms with E-state index in [2.05, 4.69) is 24.3 Å². The average Bonchev–Trinajstić information content (AvgIpc) is 2.98. The predicted octanol–water partition coefficient (Wildman–Crippen LogP) is 4.48. The Morgan fingerprint density at radius 2 is 1.58 bits per heavy atom. The van der Waals surface area contributed by atoms with Crippen LogP contribution in [0.2, 0.25) is 0 Å². The van der Waals surface area contributed by atoms with E-state index in [1.807, 2.05) is 31.2 Å². The van der Waals surface area contributed by atoms with Gasteiger partial charge in [0.05, 0.1) is 5.92 Å². The Morgan fingerprint density at radius 1 is 1.04 bits per heavy atom. The van der Waals surface area contributed by atoms with Crippen molar-refractivity contribution >= 4 is 11.9 Å². The molecular formula is C22H24O4. The van der Waals surface area contributed by atoms with Gasteiger partial charge in [-0.15, -0.1) is 0 Å². The van der Waals surface area contributed by atoms with E-state index in [-0.39, 0.29) is 30.8 Å². The van der Waals surface area contributed by atoms with E-state index in [9.17, 15) is 9.59 Å². The van der Waals surface area contributed by atoms with Crippen molar-refractivity contribution in [2.45, 2.75) is 32.6 Å². The second-order valence-electron chi connectivity index (χ2n) is 6.91. The lowest BCUT2D eigenvalue weighted by Crippen LogP contribution is -2.24. The molecule has 0 fully saturated rings. The van der Waals surface area contributed by atoms with Crippen molar-refractivity contribution < 1.29 is 19.4 Å². The van der Waals surface area contributed by atoms with Gasteiger partial charge in [0.1, 0.15) is 6.61 Å².